The van der Waals surface area contributed by atoms with Gasteiger partial charge in [0.1, 0.15) is 5.69 Å². The molecule has 27 heavy (non-hydrogen) atoms. The predicted molar refractivity (Wildman–Crippen MR) is 108 cm³/mol. The lowest BCUT2D eigenvalue weighted by Gasteiger charge is -2.08. The number of nitrogens with one attached hydrogen (secondary N) is 2. The van der Waals surface area contributed by atoms with Gasteiger partial charge in [-0.15, -0.1) is 11.3 Å². The first-order chi connectivity index (χ1) is 12.7. The number of carbonyl (C=O) groups is 1. The van der Waals surface area contributed by atoms with Gasteiger partial charge in [-0.1, -0.05) is 19.9 Å². The van der Waals surface area contributed by atoms with E-state index < -0.39 is 9.84 Å². The van der Waals surface area contributed by atoms with E-state index >= 15 is 0 Å². The van der Waals surface area contributed by atoms with E-state index in [0.29, 0.717) is 23.2 Å². The van der Waals surface area contributed by atoms with Crippen molar-refractivity contribution >= 4 is 43.1 Å². The third kappa shape index (κ3) is 3.39. The van der Waals surface area contributed by atoms with Crippen molar-refractivity contribution in [1.82, 2.24) is 9.97 Å². The predicted octanol–water partition coefficient (Wildman–Crippen LogP) is 3.78. The summed E-state index contributed by atoms with van der Waals surface area (Å²) in [6.07, 6.45) is 0.410. The van der Waals surface area contributed by atoms with Crippen molar-refractivity contribution < 1.29 is 13.2 Å². The van der Waals surface area contributed by atoms with Crippen LogP contribution in [-0.2, 0) is 22.0 Å². The van der Waals surface area contributed by atoms with Gasteiger partial charge in [0.25, 0.3) is 5.91 Å². The van der Waals surface area contributed by atoms with Crippen molar-refractivity contribution in [2.45, 2.75) is 38.9 Å². The topological polar surface area (TPSA) is 91.9 Å². The molecule has 2 aromatic heterocycles. The minimum absolute atomic E-state index is 0.0132. The molecule has 0 aliphatic carbocycles. The first-order valence-corrected chi connectivity index (χ1v) is 11.5. The smallest absolute Gasteiger partial charge is 0.274 e. The molecule has 142 valence electrons. The summed E-state index contributed by atoms with van der Waals surface area (Å²) < 4.78 is 23.5. The SMILES string of the molecule is Cc1c(C(=O)Nc2nc3c(s2)CS(=O)(=O)CC3)[nH]c2ccc(C(C)C)cc12. The Hall–Kier alpha value is -2.19. The third-order valence-electron chi connectivity index (χ3n) is 4.98. The number of sulfone groups is 1. The van der Waals surface area contributed by atoms with Gasteiger partial charge in [0.05, 0.1) is 17.2 Å². The molecule has 0 saturated carbocycles. The van der Waals surface area contributed by atoms with Crippen LogP contribution in [0, 0.1) is 6.92 Å². The van der Waals surface area contributed by atoms with Gasteiger partial charge < -0.3 is 4.98 Å². The zero-order valence-electron chi connectivity index (χ0n) is 15.4. The number of carbonyl (C=O) groups excluding carboxylic acids is 1. The monoisotopic (exact) mass is 403 g/mol. The number of rotatable bonds is 3. The highest BCUT2D eigenvalue weighted by molar-refractivity contribution is 7.90. The molecule has 1 aliphatic rings. The van der Waals surface area contributed by atoms with Crippen LogP contribution in [0.5, 0.6) is 0 Å². The van der Waals surface area contributed by atoms with E-state index in [9.17, 15) is 13.2 Å². The first-order valence-electron chi connectivity index (χ1n) is 8.86. The van der Waals surface area contributed by atoms with Gasteiger partial charge in [-0.2, -0.15) is 0 Å². The number of fused-ring (bicyclic) bond motifs is 2. The Kier molecular flexibility index (Phi) is 4.35. The van der Waals surface area contributed by atoms with Crippen LogP contribution in [0.3, 0.4) is 0 Å². The molecule has 1 aliphatic heterocycles. The van der Waals surface area contributed by atoms with Crippen molar-refractivity contribution in [3.05, 3.63) is 45.6 Å². The number of nitrogens with zero attached hydrogens (tertiary/aromatic N) is 1. The molecule has 0 radical (unpaired) electrons. The van der Waals surface area contributed by atoms with E-state index in [1.807, 2.05) is 13.0 Å². The molecule has 0 atom stereocenters. The van der Waals surface area contributed by atoms with Crippen LogP contribution in [0.4, 0.5) is 5.13 Å². The number of benzene rings is 1. The van der Waals surface area contributed by atoms with Gasteiger partial charge >= 0.3 is 0 Å². The van der Waals surface area contributed by atoms with Crippen molar-refractivity contribution in [1.29, 1.82) is 0 Å². The molecular formula is C19H21N3O3S2. The summed E-state index contributed by atoms with van der Waals surface area (Å²) in [7, 11) is -3.05. The molecule has 1 amide bonds. The summed E-state index contributed by atoms with van der Waals surface area (Å²) in [6, 6.07) is 6.19. The van der Waals surface area contributed by atoms with Crippen LogP contribution in [0.15, 0.2) is 18.2 Å². The number of anilines is 1. The maximum atomic E-state index is 12.8. The van der Waals surface area contributed by atoms with Gasteiger partial charge in [0.2, 0.25) is 0 Å². The lowest BCUT2D eigenvalue weighted by atomic mass is 10.0. The highest BCUT2D eigenvalue weighted by atomic mass is 32.2. The van der Waals surface area contributed by atoms with Gasteiger partial charge in [0, 0.05) is 22.2 Å². The average molecular weight is 404 g/mol. The van der Waals surface area contributed by atoms with E-state index in [2.05, 4.69) is 41.3 Å². The summed E-state index contributed by atoms with van der Waals surface area (Å²) in [4.78, 5) is 21.1. The number of hydrogen-bond donors (Lipinski definition) is 2. The zero-order valence-corrected chi connectivity index (χ0v) is 17.1. The standard InChI is InChI=1S/C19H21N3O3S2/c1-10(2)12-4-5-14-13(8-12)11(3)17(20-14)18(23)22-19-21-15-6-7-27(24,25)9-16(15)26-19/h4-5,8,10,20H,6-7,9H2,1-3H3,(H,21,22,23). The van der Waals surface area contributed by atoms with Crippen LogP contribution < -0.4 is 5.32 Å². The fourth-order valence-corrected chi connectivity index (χ4v) is 6.15. The number of aryl methyl sites for hydroxylation is 2. The Labute approximate surface area is 161 Å². The lowest BCUT2D eigenvalue weighted by Crippen LogP contribution is -2.17. The zero-order chi connectivity index (χ0) is 19.3. The summed E-state index contributed by atoms with van der Waals surface area (Å²) in [6.45, 7) is 6.21. The van der Waals surface area contributed by atoms with Crippen LogP contribution in [0.2, 0.25) is 0 Å². The molecule has 3 heterocycles. The van der Waals surface area contributed by atoms with Crippen molar-refractivity contribution in [3.8, 4) is 0 Å². The second-order valence-corrected chi connectivity index (χ2v) is 10.5. The number of aromatic nitrogens is 2. The van der Waals surface area contributed by atoms with E-state index in [1.165, 1.54) is 16.9 Å². The van der Waals surface area contributed by atoms with Crippen molar-refractivity contribution in [3.63, 3.8) is 0 Å². The van der Waals surface area contributed by atoms with Gasteiger partial charge in [-0.25, -0.2) is 13.4 Å². The molecule has 2 N–H and O–H groups in total. The molecule has 0 unspecified atom stereocenters. The summed E-state index contributed by atoms with van der Waals surface area (Å²) in [5, 5.41) is 4.31. The molecular weight excluding hydrogens is 382 g/mol. The van der Waals surface area contributed by atoms with E-state index in [-0.39, 0.29) is 17.4 Å². The normalized spacial score (nSPS) is 15.9. The maximum Gasteiger partial charge on any atom is 0.274 e. The van der Waals surface area contributed by atoms with Gasteiger partial charge in [-0.05, 0) is 36.1 Å². The summed E-state index contributed by atoms with van der Waals surface area (Å²) >= 11 is 1.24. The van der Waals surface area contributed by atoms with Gasteiger partial charge in [0.15, 0.2) is 15.0 Å². The largest absolute Gasteiger partial charge is 0.350 e. The number of amides is 1. The van der Waals surface area contributed by atoms with Crippen molar-refractivity contribution in [2.75, 3.05) is 11.1 Å². The highest BCUT2D eigenvalue weighted by Gasteiger charge is 2.26. The van der Waals surface area contributed by atoms with E-state index in [1.54, 1.807) is 0 Å². The minimum atomic E-state index is -3.05. The van der Waals surface area contributed by atoms with Crippen LogP contribution >= 0.6 is 11.3 Å². The van der Waals surface area contributed by atoms with Crippen LogP contribution in [0.25, 0.3) is 10.9 Å². The second kappa shape index (κ2) is 6.45. The molecule has 1 aromatic carbocycles. The van der Waals surface area contributed by atoms with Gasteiger partial charge in [-0.3, -0.25) is 10.1 Å². The molecule has 0 bridgehead atoms. The highest BCUT2D eigenvalue weighted by Crippen LogP contribution is 2.31. The molecule has 0 spiro atoms. The lowest BCUT2D eigenvalue weighted by molar-refractivity contribution is 0.102. The second-order valence-electron chi connectivity index (χ2n) is 7.27. The van der Waals surface area contributed by atoms with Crippen molar-refractivity contribution in [2.24, 2.45) is 0 Å². The maximum absolute atomic E-state index is 12.8. The van der Waals surface area contributed by atoms with E-state index in [4.69, 9.17) is 0 Å². The Morgan fingerprint density at radius 3 is 2.85 bits per heavy atom. The summed E-state index contributed by atoms with van der Waals surface area (Å²) in [5.41, 5.74) is 4.33. The Bertz CT molecular complexity index is 1160. The van der Waals surface area contributed by atoms with Crippen LogP contribution in [-0.4, -0.2) is 30.0 Å². The van der Waals surface area contributed by atoms with E-state index in [0.717, 1.165) is 27.0 Å². The first kappa shape index (κ1) is 18.2. The Morgan fingerprint density at radius 2 is 2.11 bits per heavy atom. The number of thiazole rings is 1. The molecule has 0 saturated heterocycles. The minimum Gasteiger partial charge on any atom is -0.350 e. The molecule has 3 aromatic rings. The molecule has 6 nitrogen and oxygen atoms in total. The molecule has 4 rings (SSSR count). The molecule has 0 fully saturated rings. The molecule has 8 heteroatoms. The number of H-pyrrole nitrogens is 1. The quantitative estimate of drug-likeness (QED) is 0.696. The Morgan fingerprint density at radius 1 is 1.33 bits per heavy atom. The van der Waals surface area contributed by atoms with Crippen LogP contribution in [0.1, 0.15) is 52.0 Å². The Balaban J connectivity index is 1.62. The fourth-order valence-electron chi connectivity index (χ4n) is 3.36. The number of hydrogen-bond acceptors (Lipinski definition) is 5. The fraction of sp³-hybridized carbons (Fsp3) is 0.368. The average Bonchev–Trinajstić information content (AvgIpc) is 3.13. The summed E-state index contributed by atoms with van der Waals surface area (Å²) in [5.74, 6) is 0.290. The number of aromatic amines is 1. The third-order valence-corrected chi connectivity index (χ3v) is 7.73.